The summed E-state index contributed by atoms with van der Waals surface area (Å²) in [5.41, 5.74) is 9.69. The number of fused-ring (bicyclic) bond motifs is 5. The smallest absolute Gasteiger partial charge is 0.113 e. The van der Waals surface area contributed by atoms with Crippen LogP contribution in [0.4, 0.5) is 0 Å². The average molecular weight is 615 g/mol. The second kappa shape index (κ2) is 11.6. The predicted molar refractivity (Wildman–Crippen MR) is 179 cm³/mol. The lowest BCUT2D eigenvalue weighted by molar-refractivity contribution is 0.402. The molecule has 1 aliphatic rings. The van der Waals surface area contributed by atoms with Crippen molar-refractivity contribution in [3.8, 4) is 30.6 Å². The quantitative estimate of drug-likeness (QED) is 0.129. The van der Waals surface area contributed by atoms with Crippen LogP contribution in [0.1, 0.15) is 89.2 Å². The molecule has 0 saturated heterocycles. The van der Waals surface area contributed by atoms with E-state index < -0.39 is 0 Å². The van der Waals surface area contributed by atoms with E-state index in [2.05, 4.69) is 71.1 Å². The molecule has 0 amide bonds. The Labute approximate surface area is 258 Å². The number of rotatable bonds is 12. The van der Waals surface area contributed by atoms with E-state index in [1.807, 2.05) is 22.7 Å². The largest absolute Gasteiger partial charge is 0.173 e. The molecule has 0 radical (unpaired) electrons. The van der Waals surface area contributed by atoms with Gasteiger partial charge < -0.3 is 0 Å². The van der Waals surface area contributed by atoms with E-state index in [0.29, 0.717) is 0 Å². The number of nitrogens with zero attached hydrogens (tertiary/aromatic N) is 4. The number of thiophene rings is 2. The van der Waals surface area contributed by atoms with Gasteiger partial charge >= 0.3 is 0 Å². The first-order valence-corrected chi connectivity index (χ1v) is 18.0. The number of aromatic nitrogens is 4. The molecule has 0 unspecified atom stereocenters. The van der Waals surface area contributed by atoms with Crippen LogP contribution in [0.5, 0.6) is 0 Å². The van der Waals surface area contributed by atoms with Gasteiger partial charge in [0.1, 0.15) is 22.1 Å². The van der Waals surface area contributed by atoms with Crippen LogP contribution >= 0.6 is 46.1 Å². The Hall–Kier alpha value is -2.52. The van der Waals surface area contributed by atoms with Crippen LogP contribution in [0.25, 0.3) is 52.7 Å². The Morgan fingerprint density at radius 1 is 0.585 bits per heavy atom. The Bertz CT molecular complexity index is 1670. The summed E-state index contributed by atoms with van der Waals surface area (Å²) in [6.45, 7) is 4.62. The number of benzene rings is 2. The lowest BCUT2D eigenvalue weighted by atomic mass is 9.71. The highest BCUT2D eigenvalue weighted by Gasteiger charge is 2.45. The molecule has 6 aromatic rings. The van der Waals surface area contributed by atoms with Crippen LogP contribution in [-0.2, 0) is 5.41 Å². The summed E-state index contributed by atoms with van der Waals surface area (Å²) in [4.78, 5) is 5.60. The SMILES string of the molecule is CCCCCCC1(CCCCCC)c2cc(-c3cccc4nsnc34)sc2-c2sc(-c3cccc4nsnc34)cc21. The topological polar surface area (TPSA) is 51.6 Å². The molecule has 41 heavy (non-hydrogen) atoms. The van der Waals surface area contributed by atoms with Gasteiger partial charge in [0.15, 0.2) is 0 Å². The number of hydrogen-bond donors (Lipinski definition) is 0. The number of unbranched alkanes of at least 4 members (excludes halogenated alkanes) is 6. The zero-order valence-corrected chi connectivity index (χ0v) is 26.9. The Morgan fingerprint density at radius 3 is 1.54 bits per heavy atom. The zero-order chi connectivity index (χ0) is 27.8. The highest BCUT2D eigenvalue weighted by Crippen LogP contribution is 2.62. The van der Waals surface area contributed by atoms with Crippen LogP contribution in [0.2, 0.25) is 0 Å². The maximum atomic E-state index is 4.69. The van der Waals surface area contributed by atoms with E-state index in [1.165, 1.54) is 118 Å². The van der Waals surface area contributed by atoms with Crippen LogP contribution in [0.15, 0.2) is 48.5 Å². The Balaban J connectivity index is 1.39. The summed E-state index contributed by atoms with van der Waals surface area (Å²) in [5.74, 6) is 0. The summed E-state index contributed by atoms with van der Waals surface area (Å²) >= 11 is 6.54. The van der Waals surface area contributed by atoms with Crippen LogP contribution in [0.3, 0.4) is 0 Å². The molecule has 2 aromatic carbocycles. The number of hydrogen-bond acceptors (Lipinski definition) is 8. The van der Waals surface area contributed by atoms with Crippen molar-refractivity contribution >= 4 is 68.2 Å². The Morgan fingerprint density at radius 2 is 1.07 bits per heavy atom. The van der Waals surface area contributed by atoms with Gasteiger partial charge in [-0.2, -0.15) is 17.5 Å². The first kappa shape index (κ1) is 27.3. The van der Waals surface area contributed by atoms with Gasteiger partial charge in [-0.05, 0) is 48.2 Å². The molecule has 0 bridgehead atoms. The first-order chi connectivity index (χ1) is 20.2. The summed E-state index contributed by atoms with van der Waals surface area (Å²) in [6, 6.07) is 17.9. The van der Waals surface area contributed by atoms with Crippen molar-refractivity contribution in [2.45, 2.75) is 83.5 Å². The molecule has 1 aliphatic carbocycles. The monoisotopic (exact) mass is 614 g/mol. The van der Waals surface area contributed by atoms with E-state index in [4.69, 9.17) is 8.75 Å². The molecule has 0 fully saturated rings. The third kappa shape index (κ3) is 4.77. The second-order valence-electron chi connectivity index (χ2n) is 11.3. The molecule has 0 spiro atoms. The van der Waals surface area contributed by atoms with Gasteiger partial charge in [0.2, 0.25) is 0 Å². The first-order valence-electron chi connectivity index (χ1n) is 15.0. The van der Waals surface area contributed by atoms with Gasteiger partial charge in [0.05, 0.1) is 23.5 Å². The van der Waals surface area contributed by atoms with Crippen LogP contribution < -0.4 is 0 Å². The second-order valence-corrected chi connectivity index (χ2v) is 14.4. The lowest BCUT2D eigenvalue weighted by Gasteiger charge is -2.31. The normalized spacial score (nSPS) is 13.8. The average Bonchev–Trinajstić information content (AvgIpc) is 3.82. The van der Waals surface area contributed by atoms with Crippen molar-refractivity contribution in [2.75, 3.05) is 0 Å². The van der Waals surface area contributed by atoms with E-state index >= 15 is 0 Å². The maximum Gasteiger partial charge on any atom is 0.113 e. The molecule has 0 N–H and O–H groups in total. The van der Waals surface area contributed by atoms with Crippen molar-refractivity contribution < 1.29 is 0 Å². The summed E-state index contributed by atoms with van der Waals surface area (Å²) in [7, 11) is 0. The molecule has 7 rings (SSSR count). The third-order valence-electron chi connectivity index (χ3n) is 8.72. The zero-order valence-electron chi connectivity index (χ0n) is 23.6. The van der Waals surface area contributed by atoms with Gasteiger partial charge in [0, 0.05) is 36.1 Å². The predicted octanol–water partition coefficient (Wildman–Crippen LogP) is 11.4. The molecule has 4 aromatic heterocycles. The minimum atomic E-state index is 0.0676. The van der Waals surface area contributed by atoms with Crippen molar-refractivity contribution in [1.29, 1.82) is 0 Å². The van der Waals surface area contributed by atoms with Gasteiger partial charge in [-0.25, -0.2) is 0 Å². The lowest BCUT2D eigenvalue weighted by Crippen LogP contribution is -2.25. The van der Waals surface area contributed by atoms with E-state index in [0.717, 1.165) is 22.1 Å². The third-order valence-corrected chi connectivity index (χ3v) is 12.3. The summed E-state index contributed by atoms with van der Waals surface area (Å²) in [6.07, 6.45) is 12.7. The van der Waals surface area contributed by atoms with Crippen molar-refractivity contribution in [1.82, 2.24) is 17.5 Å². The standard InChI is InChI=1S/C33H34N4S4/c1-3-5-7-9-17-33(18-10-8-6-4-2)23-19-27(21-13-11-15-25-29(21)36-40-34-25)38-31(23)32-24(33)20-28(39-32)22-14-12-16-26-30(22)37-41-35-26/h11-16,19-20H,3-10,17-18H2,1-2H3. The fourth-order valence-corrected chi connectivity index (χ4v) is 10.4. The molecule has 210 valence electrons. The fraction of sp³-hybridized carbons (Fsp3) is 0.394. The van der Waals surface area contributed by atoms with Crippen molar-refractivity contribution in [3.05, 3.63) is 59.7 Å². The summed E-state index contributed by atoms with van der Waals surface area (Å²) in [5, 5.41) is 0. The molecular weight excluding hydrogens is 581 g/mol. The summed E-state index contributed by atoms with van der Waals surface area (Å²) < 4.78 is 18.5. The van der Waals surface area contributed by atoms with E-state index in [1.54, 1.807) is 11.1 Å². The maximum absolute atomic E-state index is 4.69. The fourth-order valence-electron chi connectivity index (χ4n) is 6.62. The molecule has 8 heteroatoms. The molecular formula is C33H34N4S4. The molecule has 4 nitrogen and oxygen atoms in total. The van der Waals surface area contributed by atoms with Crippen molar-refractivity contribution in [3.63, 3.8) is 0 Å². The van der Waals surface area contributed by atoms with Crippen molar-refractivity contribution in [2.24, 2.45) is 0 Å². The van der Waals surface area contributed by atoms with E-state index in [-0.39, 0.29) is 5.41 Å². The molecule has 0 aliphatic heterocycles. The van der Waals surface area contributed by atoms with Gasteiger partial charge in [0.25, 0.3) is 0 Å². The molecule has 0 saturated carbocycles. The van der Waals surface area contributed by atoms with Gasteiger partial charge in [-0.15, -0.1) is 22.7 Å². The minimum absolute atomic E-state index is 0.0676. The van der Waals surface area contributed by atoms with Crippen LogP contribution in [0, 0.1) is 0 Å². The van der Waals surface area contributed by atoms with Gasteiger partial charge in [-0.3, -0.25) is 0 Å². The van der Waals surface area contributed by atoms with Crippen LogP contribution in [-0.4, -0.2) is 17.5 Å². The van der Waals surface area contributed by atoms with Gasteiger partial charge in [-0.1, -0.05) is 89.5 Å². The Kier molecular flexibility index (Phi) is 7.75. The highest BCUT2D eigenvalue weighted by atomic mass is 32.1. The highest BCUT2D eigenvalue weighted by molar-refractivity contribution is 7.26. The molecule has 4 heterocycles. The van der Waals surface area contributed by atoms with E-state index in [9.17, 15) is 0 Å². The minimum Gasteiger partial charge on any atom is -0.173 e. The molecule has 0 atom stereocenters.